The molecule has 0 spiro atoms. The molecule has 4 unspecified atom stereocenters. The number of carbonyl (C=O) groups excluding carboxylic acids is 1. The number of carbonyl (C=O) groups is 1. The number of amidine groups is 1. The fraction of sp³-hybridized carbons (Fsp3) is 0.786. The lowest BCUT2D eigenvalue weighted by atomic mass is 10.0. The van der Waals surface area contributed by atoms with Gasteiger partial charge in [-0.25, -0.2) is 4.67 Å². The van der Waals surface area contributed by atoms with Crippen molar-refractivity contribution in [2.24, 2.45) is 0 Å². The second-order valence-corrected chi connectivity index (χ2v) is 7.30. The number of hydrogen-bond donors (Lipinski definition) is 3. The zero-order valence-electron chi connectivity index (χ0n) is 13.8. The van der Waals surface area contributed by atoms with Gasteiger partial charge in [0, 0.05) is 18.2 Å². The summed E-state index contributed by atoms with van der Waals surface area (Å²) in [6.07, 6.45) is -3.54. The molecule has 3 N–H and O–H groups in total. The molecule has 1 rings (SSSR count). The van der Waals surface area contributed by atoms with Gasteiger partial charge < -0.3 is 24.8 Å². The van der Waals surface area contributed by atoms with Crippen LogP contribution >= 0.6 is 11.8 Å². The number of rotatable bonds is 2. The van der Waals surface area contributed by atoms with Crippen molar-refractivity contribution < 1.29 is 29.6 Å². The Balaban J connectivity index is 2.73. The molecule has 9 heteroatoms. The summed E-state index contributed by atoms with van der Waals surface area (Å²) in [5, 5.41) is 28.9. The van der Waals surface area contributed by atoms with Gasteiger partial charge in [0.15, 0.2) is 6.72 Å². The normalized spacial score (nSPS) is 28.0. The lowest BCUT2D eigenvalue weighted by molar-refractivity contribution is -0.156. The molecule has 0 aromatic rings. The maximum Gasteiger partial charge on any atom is 0.508 e. The van der Waals surface area contributed by atoms with Crippen LogP contribution in [-0.4, -0.2) is 81.2 Å². The van der Waals surface area contributed by atoms with Crippen molar-refractivity contribution >= 4 is 29.7 Å². The van der Waals surface area contributed by atoms with Crippen LogP contribution in [0.4, 0.5) is 4.79 Å². The van der Waals surface area contributed by atoms with Crippen LogP contribution in [-0.2, 0) is 9.47 Å². The number of aliphatic hydroxyl groups is 3. The number of ether oxygens (including phenoxy) is 2. The number of thioether (sulfide) groups is 1. The minimum absolute atomic E-state index is 0.128. The van der Waals surface area contributed by atoms with E-state index in [4.69, 9.17) is 9.47 Å². The van der Waals surface area contributed by atoms with Crippen molar-refractivity contribution in [2.45, 2.75) is 56.5 Å². The average molecular weight is 349 g/mol. The summed E-state index contributed by atoms with van der Waals surface area (Å²) in [5.74, 6) is 0. The van der Waals surface area contributed by atoms with E-state index in [9.17, 15) is 20.1 Å². The van der Waals surface area contributed by atoms with Gasteiger partial charge >= 0.3 is 11.3 Å². The molecule has 8 nitrogen and oxygen atoms in total. The van der Waals surface area contributed by atoms with Gasteiger partial charge in [-0.1, -0.05) is 0 Å². The van der Waals surface area contributed by atoms with E-state index in [0.29, 0.717) is 0 Å². The standard InChI is InChI=1S/C14H25N2O6S/c1-14(2,3)22-13(20)16(5)12(15-4)23-10-6-8(18)11(19)9(7-17)21-10/h8-11,17-19H,4,6-7H2,1-3,5H3/q+1. The zero-order chi connectivity index (χ0) is 17.8. The van der Waals surface area contributed by atoms with E-state index < -0.39 is 42.0 Å². The Morgan fingerprint density at radius 1 is 1.48 bits per heavy atom. The van der Waals surface area contributed by atoms with E-state index in [1.807, 2.05) is 0 Å². The maximum atomic E-state index is 12.0. The minimum atomic E-state index is -1.15. The molecule has 0 aliphatic carbocycles. The number of nitrogens with zero attached hydrogens (tertiary/aromatic N) is 2. The third kappa shape index (κ3) is 5.80. The summed E-state index contributed by atoms with van der Waals surface area (Å²) in [5.41, 5.74) is -1.23. The van der Waals surface area contributed by atoms with E-state index in [-0.39, 0.29) is 11.6 Å². The molecule has 0 aromatic carbocycles. The van der Waals surface area contributed by atoms with Crippen LogP contribution in [0.1, 0.15) is 27.2 Å². The summed E-state index contributed by atoms with van der Waals surface area (Å²) in [6, 6.07) is 0. The van der Waals surface area contributed by atoms with Crippen molar-refractivity contribution in [3.63, 3.8) is 0 Å². The molecule has 0 aromatic heterocycles. The summed E-state index contributed by atoms with van der Waals surface area (Å²) in [7, 11) is 1.49. The Morgan fingerprint density at radius 2 is 2.09 bits per heavy atom. The number of aliphatic hydroxyl groups excluding tert-OH is 3. The zero-order valence-corrected chi connectivity index (χ0v) is 14.6. The van der Waals surface area contributed by atoms with E-state index in [2.05, 4.69) is 11.4 Å². The smallest absolute Gasteiger partial charge is 0.425 e. The Morgan fingerprint density at radius 3 is 2.57 bits per heavy atom. The molecule has 132 valence electrons. The highest BCUT2D eigenvalue weighted by Gasteiger charge is 2.40. The van der Waals surface area contributed by atoms with E-state index in [0.717, 1.165) is 11.8 Å². The van der Waals surface area contributed by atoms with Gasteiger partial charge in [-0.3, -0.25) is 0 Å². The third-order valence-corrected chi connectivity index (χ3v) is 4.22. The predicted molar refractivity (Wildman–Crippen MR) is 88.2 cm³/mol. The van der Waals surface area contributed by atoms with Crippen LogP contribution in [0.25, 0.3) is 0 Å². The third-order valence-electron chi connectivity index (χ3n) is 3.04. The van der Waals surface area contributed by atoms with Crippen LogP contribution in [0.3, 0.4) is 0 Å². The SMILES string of the molecule is C=[N+]=C(SC1CC(O)C(O)C(CO)O1)N(C)C(=O)OC(C)(C)C. The topological polar surface area (TPSA) is 114 Å². The van der Waals surface area contributed by atoms with Gasteiger partial charge in [-0.2, -0.15) is 4.79 Å². The highest BCUT2D eigenvalue weighted by molar-refractivity contribution is 8.14. The average Bonchev–Trinajstić information content (AvgIpc) is 2.45. The molecular weight excluding hydrogens is 324 g/mol. The lowest BCUT2D eigenvalue weighted by Gasteiger charge is -2.35. The van der Waals surface area contributed by atoms with Crippen molar-refractivity contribution in [3.05, 3.63) is 0 Å². The molecule has 1 aliphatic heterocycles. The maximum absolute atomic E-state index is 12.0. The van der Waals surface area contributed by atoms with Crippen molar-refractivity contribution in [1.29, 1.82) is 0 Å². The minimum Gasteiger partial charge on any atom is -0.425 e. The van der Waals surface area contributed by atoms with Crippen molar-refractivity contribution in [3.8, 4) is 0 Å². The van der Waals surface area contributed by atoms with Gasteiger partial charge in [0.2, 0.25) is 0 Å². The molecule has 1 amide bonds. The molecule has 1 aliphatic rings. The molecule has 1 fully saturated rings. The van der Waals surface area contributed by atoms with Gasteiger partial charge in [0.25, 0.3) is 0 Å². The fourth-order valence-electron chi connectivity index (χ4n) is 1.89. The molecule has 0 saturated carbocycles. The second kappa shape index (κ2) is 8.14. The highest BCUT2D eigenvalue weighted by atomic mass is 32.2. The molecular formula is C14H25N2O6S+. The highest BCUT2D eigenvalue weighted by Crippen LogP contribution is 2.29. The van der Waals surface area contributed by atoms with Crippen LogP contribution in [0.15, 0.2) is 0 Å². The summed E-state index contributed by atoms with van der Waals surface area (Å²) >= 11 is 1.06. The van der Waals surface area contributed by atoms with Crippen LogP contribution < -0.4 is 4.67 Å². The first-order chi connectivity index (χ1) is 10.6. The van der Waals surface area contributed by atoms with Crippen LogP contribution in [0.5, 0.6) is 0 Å². The quantitative estimate of drug-likeness (QED) is 0.351. The molecule has 1 saturated heterocycles. The Kier molecular flexibility index (Phi) is 7.06. The van der Waals surface area contributed by atoms with Gasteiger partial charge in [-0.05, 0) is 20.8 Å². The van der Waals surface area contributed by atoms with E-state index in [1.165, 1.54) is 11.9 Å². The first-order valence-corrected chi connectivity index (χ1v) is 8.06. The molecule has 0 radical (unpaired) electrons. The Labute approximate surface area is 139 Å². The van der Waals surface area contributed by atoms with Crippen LogP contribution in [0, 0.1) is 0 Å². The lowest BCUT2D eigenvalue weighted by Crippen LogP contribution is -2.49. The second-order valence-electron chi connectivity index (χ2n) is 6.18. The molecule has 1 heterocycles. The van der Waals surface area contributed by atoms with Crippen molar-refractivity contribution in [2.75, 3.05) is 13.7 Å². The van der Waals surface area contributed by atoms with E-state index in [1.54, 1.807) is 20.8 Å². The van der Waals surface area contributed by atoms with Gasteiger partial charge in [0.05, 0.1) is 19.8 Å². The summed E-state index contributed by atoms with van der Waals surface area (Å²) in [6.45, 7) is 8.26. The number of amides is 1. The fourth-order valence-corrected chi connectivity index (χ4v) is 2.92. The Hall–Kier alpha value is -1.09. The van der Waals surface area contributed by atoms with Crippen molar-refractivity contribution in [1.82, 2.24) is 9.57 Å². The van der Waals surface area contributed by atoms with E-state index >= 15 is 0 Å². The largest absolute Gasteiger partial charge is 0.508 e. The van der Waals surface area contributed by atoms with Gasteiger partial charge in [-0.15, -0.1) is 4.90 Å². The molecule has 4 atom stereocenters. The number of hydrogen-bond acceptors (Lipinski definition) is 7. The molecule has 23 heavy (non-hydrogen) atoms. The predicted octanol–water partition coefficient (Wildman–Crippen LogP) is -0.461. The summed E-state index contributed by atoms with van der Waals surface area (Å²) < 4.78 is 14.5. The first-order valence-electron chi connectivity index (χ1n) is 7.18. The molecule has 0 bridgehead atoms. The van der Waals surface area contributed by atoms with Crippen LogP contribution in [0.2, 0.25) is 0 Å². The first kappa shape index (κ1) is 20.0. The van der Waals surface area contributed by atoms with Gasteiger partial charge in [0.1, 0.15) is 23.2 Å². The monoisotopic (exact) mass is 349 g/mol. The Bertz CT molecular complexity index is 474. The summed E-state index contributed by atoms with van der Waals surface area (Å²) in [4.78, 5) is 13.2.